The zero-order valence-electron chi connectivity index (χ0n) is 16.5. The van der Waals surface area contributed by atoms with Crippen molar-refractivity contribution in [2.24, 2.45) is 0 Å². The van der Waals surface area contributed by atoms with Crippen LogP contribution >= 0.6 is 15.9 Å². The molecular weight excluding hydrogens is 426 g/mol. The summed E-state index contributed by atoms with van der Waals surface area (Å²) in [6.45, 7) is 1.30. The fraction of sp³-hybridized carbons (Fsp3) is 0.280. The minimum Gasteiger partial charge on any atom is -0.376 e. The molecule has 0 amide bonds. The topological polar surface area (TPSA) is 39.2 Å². The van der Waals surface area contributed by atoms with Crippen LogP contribution in [0.25, 0.3) is 0 Å². The SMILES string of the molecule is O=C(CCc1ccc(COCCc2ccccc2Br)cc1)CCc1cccnc1. The van der Waals surface area contributed by atoms with E-state index in [4.69, 9.17) is 4.74 Å². The van der Waals surface area contributed by atoms with Crippen LogP contribution in [0.4, 0.5) is 0 Å². The average molecular weight is 452 g/mol. The van der Waals surface area contributed by atoms with Crippen LogP contribution in [0.5, 0.6) is 0 Å². The van der Waals surface area contributed by atoms with Gasteiger partial charge in [-0.05, 0) is 53.6 Å². The predicted octanol–water partition coefficient (Wildman–Crippen LogP) is 5.74. The van der Waals surface area contributed by atoms with E-state index in [0.29, 0.717) is 31.8 Å². The maximum Gasteiger partial charge on any atom is 0.133 e. The van der Waals surface area contributed by atoms with Crippen LogP contribution in [0.15, 0.2) is 77.5 Å². The molecule has 0 saturated carbocycles. The van der Waals surface area contributed by atoms with Gasteiger partial charge in [-0.15, -0.1) is 0 Å². The molecule has 0 unspecified atom stereocenters. The van der Waals surface area contributed by atoms with Gasteiger partial charge >= 0.3 is 0 Å². The Hall–Kier alpha value is -2.30. The Balaban J connectivity index is 1.34. The summed E-state index contributed by atoms with van der Waals surface area (Å²) in [6, 6.07) is 20.5. The predicted molar refractivity (Wildman–Crippen MR) is 120 cm³/mol. The Morgan fingerprint density at radius 3 is 2.28 bits per heavy atom. The average Bonchev–Trinajstić information content (AvgIpc) is 2.76. The summed E-state index contributed by atoms with van der Waals surface area (Å²) >= 11 is 3.57. The number of aryl methyl sites for hydroxylation is 2. The standard InChI is InChI=1S/C25H26BrNO2/c26-25-6-2-1-5-23(25)15-17-29-19-22-9-7-20(8-10-22)11-13-24(28)14-12-21-4-3-16-27-18-21/h1-10,16,18H,11-15,17,19H2. The summed E-state index contributed by atoms with van der Waals surface area (Å²) < 4.78 is 6.94. The molecular formula is C25H26BrNO2. The number of hydrogen-bond acceptors (Lipinski definition) is 3. The van der Waals surface area contributed by atoms with Gasteiger partial charge in [0.2, 0.25) is 0 Å². The fourth-order valence-electron chi connectivity index (χ4n) is 3.11. The van der Waals surface area contributed by atoms with Crippen molar-refractivity contribution >= 4 is 21.7 Å². The van der Waals surface area contributed by atoms with Crippen molar-refractivity contribution in [2.75, 3.05) is 6.61 Å². The lowest BCUT2D eigenvalue weighted by molar-refractivity contribution is -0.119. The molecule has 29 heavy (non-hydrogen) atoms. The highest BCUT2D eigenvalue weighted by Crippen LogP contribution is 2.16. The molecule has 0 radical (unpaired) electrons. The molecule has 3 nitrogen and oxygen atoms in total. The van der Waals surface area contributed by atoms with Crippen LogP contribution in [0.2, 0.25) is 0 Å². The molecule has 1 aromatic heterocycles. The number of hydrogen-bond donors (Lipinski definition) is 0. The van der Waals surface area contributed by atoms with Gasteiger partial charge in [0.1, 0.15) is 5.78 Å². The summed E-state index contributed by atoms with van der Waals surface area (Å²) in [4.78, 5) is 16.2. The summed E-state index contributed by atoms with van der Waals surface area (Å²) in [7, 11) is 0. The molecule has 0 saturated heterocycles. The first-order valence-corrected chi connectivity index (χ1v) is 10.8. The van der Waals surface area contributed by atoms with Gasteiger partial charge in [0.25, 0.3) is 0 Å². The van der Waals surface area contributed by atoms with Crippen LogP contribution < -0.4 is 0 Å². The van der Waals surface area contributed by atoms with Crippen LogP contribution in [-0.4, -0.2) is 17.4 Å². The molecule has 0 spiro atoms. The van der Waals surface area contributed by atoms with Crippen molar-refractivity contribution in [3.05, 3.63) is 99.8 Å². The van der Waals surface area contributed by atoms with Crippen molar-refractivity contribution in [3.8, 4) is 0 Å². The minimum absolute atomic E-state index is 0.299. The number of aromatic nitrogens is 1. The van der Waals surface area contributed by atoms with E-state index in [1.54, 1.807) is 6.20 Å². The van der Waals surface area contributed by atoms with Crippen LogP contribution in [0.1, 0.15) is 35.1 Å². The maximum atomic E-state index is 12.1. The first kappa shape index (κ1) is 21.4. The molecule has 150 valence electrons. The van der Waals surface area contributed by atoms with E-state index in [2.05, 4.69) is 57.3 Å². The highest BCUT2D eigenvalue weighted by Gasteiger charge is 2.05. The molecule has 4 heteroatoms. The zero-order chi connectivity index (χ0) is 20.3. The summed E-state index contributed by atoms with van der Waals surface area (Å²) in [6.07, 6.45) is 7.19. The van der Waals surface area contributed by atoms with Crippen molar-refractivity contribution in [1.82, 2.24) is 4.98 Å². The van der Waals surface area contributed by atoms with Gasteiger partial charge in [-0.1, -0.05) is 64.5 Å². The van der Waals surface area contributed by atoms with Gasteiger partial charge < -0.3 is 4.74 Å². The number of pyridine rings is 1. The van der Waals surface area contributed by atoms with E-state index in [1.807, 2.05) is 30.5 Å². The fourth-order valence-corrected chi connectivity index (χ4v) is 3.60. The molecule has 3 aromatic rings. The first-order chi connectivity index (χ1) is 14.2. The lowest BCUT2D eigenvalue weighted by Crippen LogP contribution is -2.03. The molecule has 0 atom stereocenters. The normalized spacial score (nSPS) is 10.8. The van der Waals surface area contributed by atoms with Gasteiger partial charge in [0.15, 0.2) is 0 Å². The van der Waals surface area contributed by atoms with Crippen LogP contribution in [0.3, 0.4) is 0 Å². The number of ether oxygens (including phenoxy) is 1. The maximum absolute atomic E-state index is 12.1. The number of halogens is 1. The summed E-state index contributed by atoms with van der Waals surface area (Å²) in [5.74, 6) is 0.299. The summed E-state index contributed by atoms with van der Waals surface area (Å²) in [5, 5.41) is 0. The third-order valence-electron chi connectivity index (χ3n) is 4.87. The third kappa shape index (κ3) is 7.56. The lowest BCUT2D eigenvalue weighted by atomic mass is 10.0. The van der Waals surface area contributed by atoms with Gasteiger partial charge in [0.05, 0.1) is 13.2 Å². The van der Waals surface area contributed by atoms with E-state index in [9.17, 15) is 4.79 Å². The number of rotatable bonds is 11. The van der Waals surface area contributed by atoms with E-state index in [-0.39, 0.29) is 0 Å². The Morgan fingerprint density at radius 1 is 0.828 bits per heavy atom. The van der Waals surface area contributed by atoms with E-state index >= 15 is 0 Å². The molecule has 0 aliphatic heterocycles. The molecule has 1 heterocycles. The monoisotopic (exact) mass is 451 g/mol. The molecule has 0 bridgehead atoms. The highest BCUT2D eigenvalue weighted by molar-refractivity contribution is 9.10. The second kappa shape index (κ2) is 11.6. The number of carbonyl (C=O) groups excluding carboxylic acids is 1. The number of carbonyl (C=O) groups is 1. The summed E-state index contributed by atoms with van der Waals surface area (Å²) in [5.41, 5.74) is 4.72. The minimum atomic E-state index is 0.299. The quantitative estimate of drug-likeness (QED) is 0.349. The van der Waals surface area contributed by atoms with Crippen molar-refractivity contribution in [3.63, 3.8) is 0 Å². The van der Waals surface area contributed by atoms with E-state index < -0.39 is 0 Å². The van der Waals surface area contributed by atoms with Crippen molar-refractivity contribution < 1.29 is 9.53 Å². The second-order valence-electron chi connectivity index (χ2n) is 7.11. The molecule has 0 aliphatic rings. The number of Topliss-reactive ketones (excluding diaryl/α,β-unsaturated/α-hetero) is 1. The van der Waals surface area contributed by atoms with Crippen molar-refractivity contribution in [2.45, 2.75) is 38.7 Å². The third-order valence-corrected chi connectivity index (χ3v) is 5.65. The van der Waals surface area contributed by atoms with Crippen molar-refractivity contribution in [1.29, 1.82) is 0 Å². The Labute approximate surface area is 181 Å². The van der Waals surface area contributed by atoms with E-state index in [1.165, 1.54) is 11.1 Å². The molecule has 0 aliphatic carbocycles. The molecule has 0 N–H and O–H groups in total. The van der Waals surface area contributed by atoms with Crippen LogP contribution in [-0.2, 0) is 35.4 Å². The number of ketones is 1. The first-order valence-electron chi connectivity index (χ1n) is 10.0. The zero-order valence-corrected chi connectivity index (χ0v) is 18.1. The van der Waals surface area contributed by atoms with Gasteiger partial charge in [0, 0.05) is 29.7 Å². The van der Waals surface area contributed by atoms with Gasteiger partial charge in [-0.25, -0.2) is 0 Å². The number of nitrogens with zero attached hydrogens (tertiary/aromatic N) is 1. The van der Waals surface area contributed by atoms with Gasteiger partial charge in [-0.3, -0.25) is 9.78 Å². The molecule has 0 fully saturated rings. The lowest BCUT2D eigenvalue weighted by Gasteiger charge is -2.07. The van der Waals surface area contributed by atoms with Crippen LogP contribution in [0, 0.1) is 0 Å². The Morgan fingerprint density at radius 2 is 1.55 bits per heavy atom. The Kier molecular flexibility index (Phi) is 8.59. The second-order valence-corrected chi connectivity index (χ2v) is 7.96. The van der Waals surface area contributed by atoms with E-state index in [0.717, 1.165) is 34.9 Å². The highest BCUT2D eigenvalue weighted by atomic mass is 79.9. The smallest absolute Gasteiger partial charge is 0.133 e. The van der Waals surface area contributed by atoms with Gasteiger partial charge in [-0.2, -0.15) is 0 Å². The Bertz CT molecular complexity index is 894. The molecule has 2 aromatic carbocycles. The molecule has 3 rings (SSSR count). The largest absolute Gasteiger partial charge is 0.376 e. The number of benzene rings is 2.